The average molecular weight is 835 g/mol. The first-order valence-corrected chi connectivity index (χ1v) is 20.7. The number of nitrogens with one attached hydrogen (secondary N) is 3. The van der Waals surface area contributed by atoms with E-state index in [1.807, 2.05) is 91.0 Å². The van der Waals surface area contributed by atoms with Crippen molar-refractivity contribution in [2.75, 3.05) is 16.0 Å². The minimum absolute atomic E-state index is 0.325. The molecular weight excluding hydrogens is 793 g/mol. The number of nitro groups is 3. The highest BCUT2D eigenvalue weighted by Crippen LogP contribution is 2.58. The first-order chi connectivity index (χ1) is 30.0. The maximum Gasteiger partial charge on any atom is 0.330 e. The van der Waals surface area contributed by atoms with Crippen LogP contribution in [0, 0.1) is 30.3 Å². The van der Waals surface area contributed by atoms with Crippen LogP contribution in [0.2, 0.25) is 0 Å². The maximum absolute atomic E-state index is 13.5. The summed E-state index contributed by atoms with van der Waals surface area (Å²) in [4.78, 5) is 38.0. The van der Waals surface area contributed by atoms with Gasteiger partial charge in [-0.2, -0.15) is 0 Å². The molecule has 0 aliphatic heterocycles. The van der Waals surface area contributed by atoms with Crippen LogP contribution in [0.3, 0.4) is 0 Å². The second kappa shape index (κ2) is 13.6. The Kier molecular flexibility index (Phi) is 8.46. The summed E-state index contributed by atoms with van der Waals surface area (Å²) in [6.45, 7) is 12.7. The number of nitrogens with zero attached hydrogens (tertiary/aromatic N) is 3. The largest absolute Gasteiger partial charge is 0.344 e. The molecule has 7 aromatic carbocycles. The highest BCUT2D eigenvalue weighted by molar-refractivity contribution is 6.04. The Bertz CT molecular complexity index is 2830. The van der Waals surface area contributed by atoms with Crippen molar-refractivity contribution in [3.8, 4) is 33.4 Å². The van der Waals surface area contributed by atoms with Gasteiger partial charge in [-0.05, 0) is 103 Å². The molecule has 63 heavy (non-hydrogen) atoms. The third kappa shape index (κ3) is 5.74. The summed E-state index contributed by atoms with van der Waals surface area (Å²) < 4.78 is 0. The zero-order chi connectivity index (χ0) is 44.3. The minimum atomic E-state index is -0.856. The molecule has 0 saturated carbocycles. The van der Waals surface area contributed by atoms with Gasteiger partial charge in [0.2, 0.25) is 17.1 Å². The Morgan fingerprint density at radius 3 is 0.841 bits per heavy atom. The van der Waals surface area contributed by atoms with Crippen molar-refractivity contribution in [2.24, 2.45) is 0 Å². The van der Waals surface area contributed by atoms with Gasteiger partial charge in [0.25, 0.3) is 0 Å². The standard InChI is InChI=1S/C51H42N6O6/c1-49(2)37-16-10-7-13-31(37)34-25-28(19-22-40(34)49)52-43-46(55(58)59)44(53-29-20-23-41-35(26-29)32-14-8-11-17-38(32)50(41,3)4)48(57(62)63)45(47(43)56(60)61)54-30-21-24-42-36(27-30)33-15-9-12-18-39(33)51(42,5)6/h7-27,52-54H,1-6H3. The zero-order valence-electron chi connectivity index (χ0n) is 35.4. The molecule has 7 aromatic rings. The minimum Gasteiger partial charge on any atom is -0.344 e. The van der Waals surface area contributed by atoms with E-state index >= 15 is 0 Å². The lowest BCUT2D eigenvalue weighted by molar-refractivity contribution is -0.399. The van der Waals surface area contributed by atoms with Crippen LogP contribution in [-0.2, 0) is 16.2 Å². The van der Waals surface area contributed by atoms with E-state index in [-0.39, 0.29) is 16.2 Å². The van der Waals surface area contributed by atoms with E-state index in [1.165, 1.54) is 0 Å². The molecule has 0 aromatic heterocycles. The van der Waals surface area contributed by atoms with Crippen LogP contribution in [0.25, 0.3) is 33.4 Å². The Morgan fingerprint density at radius 1 is 0.349 bits per heavy atom. The van der Waals surface area contributed by atoms with Crippen LogP contribution in [0.4, 0.5) is 51.2 Å². The number of hydrogen-bond acceptors (Lipinski definition) is 9. The van der Waals surface area contributed by atoms with E-state index in [0.29, 0.717) is 17.1 Å². The van der Waals surface area contributed by atoms with Gasteiger partial charge in [0.15, 0.2) is 0 Å². The van der Waals surface area contributed by atoms with Crippen molar-refractivity contribution in [2.45, 2.75) is 57.8 Å². The average Bonchev–Trinajstić information content (AvgIpc) is 3.72. The van der Waals surface area contributed by atoms with Crippen molar-refractivity contribution in [3.63, 3.8) is 0 Å². The van der Waals surface area contributed by atoms with Crippen LogP contribution in [0.1, 0.15) is 74.9 Å². The second-order valence-electron chi connectivity index (χ2n) is 18.1. The predicted octanol–water partition coefficient (Wildman–Crippen LogP) is 13.6. The van der Waals surface area contributed by atoms with Gasteiger partial charge in [0.1, 0.15) is 0 Å². The number of benzene rings is 7. The summed E-state index contributed by atoms with van der Waals surface area (Å²) >= 11 is 0. The molecule has 312 valence electrons. The number of anilines is 6. The third-order valence-corrected chi connectivity index (χ3v) is 13.5. The molecule has 12 nitrogen and oxygen atoms in total. The number of hydrogen-bond donors (Lipinski definition) is 3. The highest BCUT2D eigenvalue weighted by atomic mass is 16.6. The maximum atomic E-state index is 13.5. The fourth-order valence-corrected chi connectivity index (χ4v) is 10.4. The second-order valence-corrected chi connectivity index (χ2v) is 18.1. The lowest BCUT2D eigenvalue weighted by Gasteiger charge is -2.22. The summed E-state index contributed by atoms with van der Waals surface area (Å²) in [5.41, 5.74) is 7.70. The molecule has 10 rings (SSSR count). The molecule has 0 heterocycles. The fourth-order valence-electron chi connectivity index (χ4n) is 10.4. The summed E-state index contributed by atoms with van der Waals surface area (Å²) in [7, 11) is 0. The topological polar surface area (TPSA) is 166 Å². The molecule has 0 saturated heterocycles. The van der Waals surface area contributed by atoms with E-state index < -0.39 is 48.9 Å². The molecule has 12 heteroatoms. The molecule has 0 unspecified atom stereocenters. The summed E-state index contributed by atoms with van der Waals surface area (Å²) in [5, 5.41) is 49.6. The van der Waals surface area contributed by atoms with Crippen LogP contribution in [0.5, 0.6) is 0 Å². The van der Waals surface area contributed by atoms with Gasteiger partial charge in [-0.25, -0.2) is 0 Å². The first-order valence-electron chi connectivity index (χ1n) is 20.7. The zero-order valence-corrected chi connectivity index (χ0v) is 35.4. The van der Waals surface area contributed by atoms with Gasteiger partial charge in [-0.3, -0.25) is 30.3 Å². The fraction of sp³-hybridized carbons (Fsp3) is 0.176. The molecule has 0 atom stereocenters. The Balaban J connectivity index is 1.20. The van der Waals surface area contributed by atoms with Gasteiger partial charge in [-0.15, -0.1) is 0 Å². The lowest BCUT2D eigenvalue weighted by Crippen LogP contribution is -2.15. The molecule has 0 bridgehead atoms. The van der Waals surface area contributed by atoms with Gasteiger partial charge in [0, 0.05) is 33.3 Å². The molecule has 3 aliphatic carbocycles. The molecule has 0 fully saturated rings. The van der Waals surface area contributed by atoms with E-state index in [1.54, 1.807) is 18.2 Å². The van der Waals surface area contributed by atoms with Gasteiger partial charge in [-0.1, -0.05) is 133 Å². The van der Waals surface area contributed by atoms with Crippen molar-refractivity contribution in [3.05, 3.63) is 191 Å². The predicted molar refractivity (Wildman–Crippen MR) is 248 cm³/mol. The van der Waals surface area contributed by atoms with Crippen molar-refractivity contribution in [1.29, 1.82) is 0 Å². The molecule has 3 aliphatic rings. The van der Waals surface area contributed by atoms with Gasteiger partial charge in [0.05, 0.1) is 14.8 Å². The summed E-state index contributed by atoms with van der Waals surface area (Å²) in [6, 6.07) is 40.2. The summed E-state index contributed by atoms with van der Waals surface area (Å²) in [6.07, 6.45) is 0. The molecule has 0 spiro atoms. The van der Waals surface area contributed by atoms with Gasteiger partial charge >= 0.3 is 17.1 Å². The Labute approximate surface area is 363 Å². The van der Waals surface area contributed by atoms with E-state index in [9.17, 15) is 30.3 Å². The number of nitro benzene ring substituents is 3. The van der Waals surface area contributed by atoms with E-state index in [4.69, 9.17) is 0 Å². The van der Waals surface area contributed by atoms with Crippen LogP contribution >= 0.6 is 0 Å². The SMILES string of the molecule is CC1(C)c2ccccc2-c2cc(Nc3c([N+](=O)[O-])c(Nc4ccc5c(c4)-c4ccccc4C5(C)C)c([N+](=O)[O-])c(Nc4ccc5c(c4)-c4ccccc4C5(C)C)c3[N+](=O)[O-])ccc21. The highest BCUT2D eigenvalue weighted by Gasteiger charge is 2.45. The molecule has 0 amide bonds. The monoisotopic (exact) mass is 834 g/mol. The molecule has 0 radical (unpaired) electrons. The van der Waals surface area contributed by atoms with Crippen LogP contribution in [0.15, 0.2) is 127 Å². The normalized spacial score (nSPS) is 15.0. The first kappa shape index (κ1) is 39.3. The van der Waals surface area contributed by atoms with Crippen LogP contribution < -0.4 is 16.0 Å². The molecule has 3 N–H and O–H groups in total. The molecular formula is C51H42N6O6. The van der Waals surface area contributed by atoms with E-state index in [0.717, 1.165) is 66.8 Å². The van der Waals surface area contributed by atoms with Crippen LogP contribution in [-0.4, -0.2) is 14.8 Å². The smallest absolute Gasteiger partial charge is 0.330 e. The van der Waals surface area contributed by atoms with Crippen molar-refractivity contribution in [1.82, 2.24) is 0 Å². The number of rotatable bonds is 9. The third-order valence-electron chi connectivity index (χ3n) is 13.5. The van der Waals surface area contributed by atoms with E-state index in [2.05, 4.69) is 75.7 Å². The Hall–Kier alpha value is -7.86. The van der Waals surface area contributed by atoms with Crippen molar-refractivity contribution < 1.29 is 14.8 Å². The Morgan fingerprint density at radius 2 is 0.587 bits per heavy atom. The lowest BCUT2D eigenvalue weighted by atomic mass is 9.82. The number of fused-ring (bicyclic) bond motifs is 9. The van der Waals surface area contributed by atoms with Crippen molar-refractivity contribution >= 4 is 51.2 Å². The summed E-state index contributed by atoms with van der Waals surface area (Å²) in [5.74, 6) is 0. The quantitative estimate of drug-likeness (QED) is 0.0947. The van der Waals surface area contributed by atoms with Gasteiger partial charge < -0.3 is 16.0 Å².